The Hall–Kier alpha value is -1.30. The van der Waals surface area contributed by atoms with Gasteiger partial charge in [0.2, 0.25) is 0 Å². The minimum atomic E-state index is 0.997. The van der Waals surface area contributed by atoms with Gasteiger partial charge in [0.05, 0.1) is 0 Å². The van der Waals surface area contributed by atoms with Crippen molar-refractivity contribution in [1.82, 2.24) is 0 Å². The van der Waals surface area contributed by atoms with Crippen LogP contribution in [0.25, 0.3) is 11.6 Å². The van der Waals surface area contributed by atoms with Crippen LogP contribution < -0.4 is 0 Å². The SMILES string of the molecule is C=C1CC=Cc2ccccc21. The summed E-state index contributed by atoms with van der Waals surface area (Å²) in [5.74, 6) is 0. The van der Waals surface area contributed by atoms with E-state index in [0.29, 0.717) is 0 Å². The first kappa shape index (κ1) is 6.41. The van der Waals surface area contributed by atoms with Gasteiger partial charge < -0.3 is 0 Å². The molecule has 0 nitrogen and oxygen atoms in total. The summed E-state index contributed by atoms with van der Waals surface area (Å²) in [6.45, 7) is 4.00. The fourth-order valence-corrected chi connectivity index (χ4v) is 1.40. The molecule has 54 valence electrons. The summed E-state index contributed by atoms with van der Waals surface area (Å²) >= 11 is 0. The summed E-state index contributed by atoms with van der Waals surface area (Å²) in [6, 6.07) is 8.36. The van der Waals surface area contributed by atoms with E-state index in [-0.39, 0.29) is 0 Å². The van der Waals surface area contributed by atoms with E-state index >= 15 is 0 Å². The van der Waals surface area contributed by atoms with Gasteiger partial charge in [-0.25, -0.2) is 0 Å². The number of allylic oxidation sites excluding steroid dienone is 2. The molecule has 2 rings (SSSR count). The molecule has 0 radical (unpaired) electrons. The van der Waals surface area contributed by atoms with E-state index < -0.39 is 0 Å². The predicted octanol–water partition coefficient (Wildman–Crippen LogP) is 3.12. The lowest BCUT2D eigenvalue weighted by atomic mass is 9.94. The van der Waals surface area contributed by atoms with E-state index in [1.165, 1.54) is 16.7 Å². The first-order valence-corrected chi connectivity index (χ1v) is 3.81. The van der Waals surface area contributed by atoms with Crippen LogP contribution in [0.5, 0.6) is 0 Å². The molecule has 1 aromatic carbocycles. The second kappa shape index (κ2) is 2.39. The van der Waals surface area contributed by atoms with Crippen molar-refractivity contribution in [2.75, 3.05) is 0 Å². The Labute approximate surface area is 66.9 Å². The Morgan fingerprint density at radius 1 is 1.18 bits per heavy atom. The molecule has 0 aromatic heterocycles. The van der Waals surface area contributed by atoms with Crippen LogP contribution in [0, 0.1) is 0 Å². The average Bonchev–Trinajstić information content (AvgIpc) is 2.06. The third-order valence-electron chi connectivity index (χ3n) is 2.00. The van der Waals surface area contributed by atoms with E-state index in [9.17, 15) is 0 Å². The molecule has 0 heteroatoms. The van der Waals surface area contributed by atoms with Gasteiger partial charge in [0, 0.05) is 0 Å². The molecule has 0 unspecified atom stereocenters. The lowest BCUT2D eigenvalue weighted by Gasteiger charge is -2.11. The Kier molecular flexibility index (Phi) is 1.39. The first-order chi connectivity index (χ1) is 5.38. The number of hydrogen-bond donors (Lipinski definition) is 0. The molecule has 1 aliphatic rings. The molecule has 0 saturated carbocycles. The van der Waals surface area contributed by atoms with Gasteiger partial charge >= 0.3 is 0 Å². The molecule has 0 heterocycles. The number of hydrogen-bond acceptors (Lipinski definition) is 0. The lowest BCUT2D eigenvalue weighted by molar-refractivity contribution is 1.37. The third kappa shape index (κ3) is 1.01. The molecule has 0 fully saturated rings. The molecule has 1 aromatic rings. The summed E-state index contributed by atoms with van der Waals surface area (Å²) in [5, 5.41) is 0. The van der Waals surface area contributed by atoms with E-state index in [4.69, 9.17) is 0 Å². The van der Waals surface area contributed by atoms with Gasteiger partial charge in [-0.1, -0.05) is 43.0 Å². The van der Waals surface area contributed by atoms with Crippen LogP contribution >= 0.6 is 0 Å². The minimum absolute atomic E-state index is 0.997. The number of rotatable bonds is 0. The highest BCUT2D eigenvalue weighted by Crippen LogP contribution is 2.26. The standard InChI is InChI=1S/C11H10/c1-9-5-4-7-10-6-2-3-8-11(9)10/h2-4,6-8H,1,5H2. The quantitative estimate of drug-likeness (QED) is 0.522. The summed E-state index contributed by atoms with van der Waals surface area (Å²) in [5.41, 5.74) is 3.82. The molecule has 0 atom stereocenters. The van der Waals surface area contributed by atoms with Crippen molar-refractivity contribution in [3.8, 4) is 0 Å². The highest BCUT2D eigenvalue weighted by Gasteiger charge is 2.04. The van der Waals surface area contributed by atoms with Crippen molar-refractivity contribution in [3.63, 3.8) is 0 Å². The summed E-state index contributed by atoms with van der Waals surface area (Å²) in [4.78, 5) is 0. The molecule has 0 saturated heterocycles. The first-order valence-electron chi connectivity index (χ1n) is 3.81. The molecule has 1 aliphatic carbocycles. The maximum absolute atomic E-state index is 4.00. The molecule has 0 aliphatic heterocycles. The Balaban J connectivity index is 2.63. The van der Waals surface area contributed by atoms with Gasteiger partial charge in [-0.05, 0) is 23.1 Å². The van der Waals surface area contributed by atoms with Crippen LogP contribution in [-0.2, 0) is 0 Å². The van der Waals surface area contributed by atoms with E-state index in [0.717, 1.165) is 6.42 Å². The van der Waals surface area contributed by atoms with Crippen LogP contribution in [0.15, 0.2) is 36.9 Å². The van der Waals surface area contributed by atoms with Gasteiger partial charge in [-0.3, -0.25) is 0 Å². The molecule has 0 bridgehead atoms. The van der Waals surface area contributed by atoms with E-state index in [1.54, 1.807) is 0 Å². The summed E-state index contributed by atoms with van der Waals surface area (Å²) in [6.07, 6.45) is 5.31. The van der Waals surface area contributed by atoms with Gasteiger partial charge in [0.1, 0.15) is 0 Å². The second-order valence-electron chi connectivity index (χ2n) is 2.80. The monoisotopic (exact) mass is 142 g/mol. The van der Waals surface area contributed by atoms with Crippen molar-refractivity contribution in [3.05, 3.63) is 48.0 Å². The fraction of sp³-hybridized carbons (Fsp3) is 0.0909. The van der Waals surface area contributed by atoms with Crippen molar-refractivity contribution < 1.29 is 0 Å². The van der Waals surface area contributed by atoms with Crippen LogP contribution in [-0.4, -0.2) is 0 Å². The normalized spacial score (nSPS) is 14.7. The van der Waals surface area contributed by atoms with Crippen molar-refractivity contribution >= 4 is 11.6 Å². The maximum Gasteiger partial charge on any atom is -0.00938 e. The molecule has 0 amide bonds. The Bertz CT molecular complexity index is 319. The Morgan fingerprint density at radius 2 is 2.00 bits per heavy atom. The summed E-state index contributed by atoms with van der Waals surface area (Å²) in [7, 11) is 0. The number of benzene rings is 1. The minimum Gasteiger partial charge on any atom is -0.0949 e. The van der Waals surface area contributed by atoms with Gasteiger partial charge in [-0.15, -0.1) is 0 Å². The fourth-order valence-electron chi connectivity index (χ4n) is 1.40. The van der Waals surface area contributed by atoms with E-state index in [2.05, 4.69) is 43.0 Å². The zero-order valence-corrected chi connectivity index (χ0v) is 6.38. The molecule has 0 spiro atoms. The average molecular weight is 142 g/mol. The largest absolute Gasteiger partial charge is 0.0949 e. The van der Waals surface area contributed by atoms with Crippen LogP contribution in [0.4, 0.5) is 0 Å². The van der Waals surface area contributed by atoms with Crippen LogP contribution in [0.2, 0.25) is 0 Å². The van der Waals surface area contributed by atoms with Crippen LogP contribution in [0.1, 0.15) is 17.5 Å². The molecular formula is C11H10. The second-order valence-corrected chi connectivity index (χ2v) is 2.80. The van der Waals surface area contributed by atoms with E-state index in [1.807, 2.05) is 0 Å². The van der Waals surface area contributed by atoms with Gasteiger partial charge in [0.25, 0.3) is 0 Å². The highest BCUT2D eigenvalue weighted by molar-refractivity contribution is 5.77. The molecular weight excluding hydrogens is 132 g/mol. The van der Waals surface area contributed by atoms with Gasteiger partial charge in [0.15, 0.2) is 0 Å². The van der Waals surface area contributed by atoms with Crippen molar-refractivity contribution in [2.45, 2.75) is 6.42 Å². The number of fused-ring (bicyclic) bond motifs is 1. The predicted molar refractivity (Wildman–Crippen MR) is 49.1 cm³/mol. The molecule has 11 heavy (non-hydrogen) atoms. The van der Waals surface area contributed by atoms with Crippen molar-refractivity contribution in [1.29, 1.82) is 0 Å². The zero-order chi connectivity index (χ0) is 7.68. The summed E-state index contributed by atoms with van der Waals surface area (Å²) < 4.78 is 0. The smallest absolute Gasteiger partial charge is 0.00938 e. The van der Waals surface area contributed by atoms with Gasteiger partial charge in [-0.2, -0.15) is 0 Å². The Morgan fingerprint density at radius 3 is 2.82 bits per heavy atom. The highest BCUT2D eigenvalue weighted by atomic mass is 14.1. The topological polar surface area (TPSA) is 0 Å². The van der Waals surface area contributed by atoms with Crippen molar-refractivity contribution in [2.24, 2.45) is 0 Å². The lowest BCUT2D eigenvalue weighted by Crippen LogP contribution is -1.90. The maximum atomic E-state index is 4.00. The molecule has 0 N–H and O–H groups in total. The third-order valence-corrected chi connectivity index (χ3v) is 2.00. The zero-order valence-electron chi connectivity index (χ0n) is 6.38. The van der Waals surface area contributed by atoms with Crippen LogP contribution in [0.3, 0.4) is 0 Å².